The molecule has 2 amide bonds. The van der Waals surface area contributed by atoms with Crippen molar-refractivity contribution in [1.29, 1.82) is 0 Å². The predicted molar refractivity (Wildman–Crippen MR) is 91.2 cm³/mol. The Morgan fingerprint density at radius 2 is 1.77 bits per heavy atom. The normalized spacial score (nSPS) is 10.1. The van der Waals surface area contributed by atoms with E-state index in [1.165, 1.54) is 4.90 Å². The summed E-state index contributed by atoms with van der Waals surface area (Å²) in [6, 6.07) is 13.9. The lowest BCUT2D eigenvalue weighted by atomic mass is 10.2. The summed E-state index contributed by atoms with van der Waals surface area (Å²) in [4.78, 5) is 25.6. The SMILES string of the molecule is CN(CC(=O)Nc1ccccc1Cl)C(=O)c1ccc(Br)cc1. The number of amides is 2. The molecule has 0 saturated heterocycles. The van der Waals surface area contributed by atoms with Crippen LogP contribution in [0.5, 0.6) is 0 Å². The average molecular weight is 382 g/mol. The van der Waals surface area contributed by atoms with Crippen LogP contribution in [0.3, 0.4) is 0 Å². The van der Waals surface area contributed by atoms with Crippen LogP contribution >= 0.6 is 27.5 Å². The van der Waals surface area contributed by atoms with Crippen molar-refractivity contribution >= 4 is 45.0 Å². The van der Waals surface area contributed by atoms with Gasteiger partial charge in [0.05, 0.1) is 17.3 Å². The Bertz CT molecular complexity index is 689. The van der Waals surface area contributed by atoms with E-state index in [0.29, 0.717) is 16.3 Å². The summed E-state index contributed by atoms with van der Waals surface area (Å²) in [7, 11) is 1.58. The zero-order valence-corrected chi connectivity index (χ0v) is 14.2. The van der Waals surface area contributed by atoms with E-state index in [1.807, 2.05) is 0 Å². The van der Waals surface area contributed by atoms with Crippen LogP contribution in [0.4, 0.5) is 5.69 Å². The zero-order valence-electron chi connectivity index (χ0n) is 11.8. The van der Waals surface area contributed by atoms with E-state index in [9.17, 15) is 9.59 Å². The summed E-state index contributed by atoms with van der Waals surface area (Å²) in [5, 5.41) is 3.14. The van der Waals surface area contributed by atoms with E-state index in [4.69, 9.17) is 11.6 Å². The van der Waals surface area contributed by atoms with E-state index in [-0.39, 0.29) is 18.4 Å². The highest BCUT2D eigenvalue weighted by Crippen LogP contribution is 2.20. The van der Waals surface area contributed by atoms with Crippen LogP contribution in [-0.2, 0) is 4.79 Å². The molecule has 4 nitrogen and oxygen atoms in total. The fourth-order valence-corrected chi connectivity index (χ4v) is 2.30. The molecule has 0 atom stereocenters. The molecule has 114 valence electrons. The van der Waals surface area contributed by atoms with Gasteiger partial charge in [-0.15, -0.1) is 0 Å². The van der Waals surface area contributed by atoms with Gasteiger partial charge in [0.25, 0.3) is 5.91 Å². The molecular weight excluding hydrogens is 368 g/mol. The molecule has 2 aromatic rings. The summed E-state index contributed by atoms with van der Waals surface area (Å²) >= 11 is 9.29. The van der Waals surface area contributed by atoms with Crippen molar-refractivity contribution in [3.05, 3.63) is 63.6 Å². The summed E-state index contributed by atoms with van der Waals surface area (Å²) in [6.45, 7) is -0.0554. The van der Waals surface area contributed by atoms with Gasteiger partial charge in [0.1, 0.15) is 0 Å². The van der Waals surface area contributed by atoms with Crippen molar-refractivity contribution in [2.45, 2.75) is 0 Å². The van der Waals surface area contributed by atoms with Crippen molar-refractivity contribution in [3.63, 3.8) is 0 Å². The number of hydrogen-bond donors (Lipinski definition) is 1. The third kappa shape index (κ3) is 4.32. The number of likely N-dealkylation sites (N-methyl/N-ethyl adjacent to an activating group) is 1. The molecule has 0 saturated carbocycles. The molecule has 0 unspecified atom stereocenters. The number of para-hydroxylation sites is 1. The summed E-state index contributed by atoms with van der Waals surface area (Å²) in [5.74, 6) is -0.525. The maximum absolute atomic E-state index is 12.2. The largest absolute Gasteiger partial charge is 0.332 e. The van der Waals surface area contributed by atoms with Crippen LogP contribution in [0.2, 0.25) is 5.02 Å². The van der Waals surface area contributed by atoms with Crippen molar-refractivity contribution in [3.8, 4) is 0 Å². The quantitative estimate of drug-likeness (QED) is 0.875. The lowest BCUT2D eigenvalue weighted by Gasteiger charge is -2.17. The Kier molecular flexibility index (Phi) is 5.57. The van der Waals surface area contributed by atoms with Gasteiger partial charge in [-0.1, -0.05) is 39.7 Å². The molecule has 0 radical (unpaired) electrons. The lowest BCUT2D eigenvalue weighted by Crippen LogP contribution is -2.34. The summed E-state index contributed by atoms with van der Waals surface area (Å²) < 4.78 is 0.892. The highest BCUT2D eigenvalue weighted by molar-refractivity contribution is 9.10. The van der Waals surface area contributed by atoms with Crippen LogP contribution in [0.1, 0.15) is 10.4 Å². The molecule has 2 aromatic carbocycles. The number of carbonyl (C=O) groups excluding carboxylic acids is 2. The number of halogens is 2. The minimum atomic E-state index is -0.305. The first kappa shape index (κ1) is 16.5. The molecule has 0 bridgehead atoms. The number of hydrogen-bond acceptors (Lipinski definition) is 2. The van der Waals surface area contributed by atoms with Crippen molar-refractivity contribution in [2.75, 3.05) is 18.9 Å². The molecule has 6 heteroatoms. The van der Waals surface area contributed by atoms with Crippen LogP contribution in [-0.4, -0.2) is 30.3 Å². The summed E-state index contributed by atoms with van der Waals surface area (Å²) in [6.07, 6.45) is 0. The molecule has 0 heterocycles. The van der Waals surface area contributed by atoms with Gasteiger partial charge in [0.15, 0.2) is 0 Å². The van der Waals surface area contributed by atoms with Crippen molar-refractivity contribution in [1.82, 2.24) is 4.90 Å². The second kappa shape index (κ2) is 7.42. The first-order valence-corrected chi connectivity index (χ1v) is 7.70. The maximum atomic E-state index is 12.2. The Labute approximate surface area is 142 Å². The topological polar surface area (TPSA) is 49.4 Å². The fraction of sp³-hybridized carbons (Fsp3) is 0.125. The van der Waals surface area contributed by atoms with E-state index in [1.54, 1.807) is 55.6 Å². The number of nitrogens with zero attached hydrogens (tertiary/aromatic N) is 1. The van der Waals surface area contributed by atoms with Crippen LogP contribution < -0.4 is 5.32 Å². The van der Waals surface area contributed by atoms with Crippen LogP contribution in [0.15, 0.2) is 53.0 Å². The Balaban J connectivity index is 1.97. The molecule has 2 rings (SSSR count). The number of benzene rings is 2. The number of carbonyl (C=O) groups is 2. The smallest absolute Gasteiger partial charge is 0.254 e. The van der Waals surface area contributed by atoms with E-state index >= 15 is 0 Å². The van der Waals surface area contributed by atoms with Gasteiger partial charge in [0, 0.05) is 17.1 Å². The molecule has 0 aliphatic heterocycles. The minimum Gasteiger partial charge on any atom is -0.332 e. The summed E-state index contributed by atoms with van der Waals surface area (Å²) in [5.41, 5.74) is 1.05. The van der Waals surface area contributed by atoms with Gasteiger partial charge in [-0.25, -0.2) is 0 Å². The maximum Gasteiger partial charge on any atom is 0.254 e. The molecule has 22 heavy (non-hydrogen) atoms. The standard InChI is InChI=1S/C16H14BrClN2O2/c1-20(16(22)11-6-8-12(17)9-7-11)10-15(21)19-14-5-3-2-4-13(14)18/h2-9H,10H2,1H3,(H,19,21). The predicted octanol–water partition coefficient (Wildman–Crippen LogP) is 3.81. The lowest BCUT2D eigenvalue weighted by molar-refractivity contribution is -0.116. The van der Waals surface area contributed by atoms with Gasteiger partial charge >= 0.3 is 0 Å². The fourth-order valence-electron chi connectivity index (χ4n) is 1.85. The Morgan fingerprint density at radius 3 is 2.41 bits per heavy atom. The van der Waals surface area contributed by atoms with E-state index in [2.05, 4.69) is 21.2 Å². The molecule has 0 aliphatic rings. The van der Waals surface area contributed by atoms with Gasteiger partial charge in [-0.3, -0.25) is 9.59 Å². The average Bonchev–Trinajstić information content (AvgIpc) is 2.49. The minimum absolute atomic E-state index is 0.0554. The number of anilines is 1. The van der Waals surface area contributed by atoms with Gasteiger partial charge in [0.2, 0.25) is 5.91 Å². The third-order valence-electron chi connectivity index (χ3n) is 2.97. The number of rotatable bonds is 4. The van der Waals surface area contributed by atoms with Crippen LogP contribution in [0.25, 0.3) is 0 Å². The van der Waals surface area contributed by atoms with Crippen molar-refractivity contribution in [2.24, 2.45) is 0 Å². The first-order valence-electron chi connectivity index (χ1n) is 6.53. The van der Waals surface area contributed by atoms with Gasteiger partial charge in [-0.05, 0) is 36.4 Å². The monoisotopic (exact) mass is 380 g/mol. The van der Waals surface area contributed by atoms with E-state index < -0.39 is 0 Å². The first-order chi connectivity index (χ1) is 10.5. The number of nitrogens with one attached hydrogen (secondary N) is 1. The third-order valence-corrected chi connectivity index (χ3v) is 3.82. The Morgan fingerprint density at radius 1 is 1.14 bits per heavy atom. The highest BCUT2D eigenvalue weighted by atomic mass is 79.9. The van der Waals surface area contributed by atoms with E-state index in [0.717, 1.165) is 4.47 Å². The molecular formula is C16H14BrClN2O2. The van der Waals surface area contributed by atoms with Gasteiger partial charge in [-0.2, -0.15) is 0 Å². The molecule has 0 aromatic heterocycles. The van der Waals surface area contributed by atoms with Crippen LogP contribution in [0, 0.1) is 0 Å². The van der Waals surface area contributed by atoms with Crippen molar-refractivity contribution < 1.29 is 9.59 Å². The van der Waals surface area contributed by atoms with Gasteiger partial charge < -0.3 is 10.2 Å². The second-order valence-electron chi connectivity index (χ2n) is 4.70. The molecule has 0 spiro atoms. The zero-order chi connectivity index (χ0) is 16.1. The molecule has 1 N–H and O–H groups in total. The second-order valence-corrected chi connectivity index (χ2v) is 6.02. The Hall–Kier alpha value is -1.85. The molecule has 0 fully saturated rings. The highest BCUT2D eigenvalue weighted by Gasteiger charge is 2.15. The molecule has 0 aliphatic carbocycles.